The second-order valence-electron chi connectivity index (χ2n) is 9.81. The molecule has 0 aromatic heterocycles. The first-order valence-electron chi connectivity index (χ1n) is 12.3. The minimum atomic E-state index is -2.01. The molecule has 17 nitrogen and oxygen atoms in total. The lowest BCUT2D eigenvalue weighted by Gasteiger charge is -2.48. The first-order chi connectivity index (χ1) is 18.1. The summed E-state index contributed by atoms with van der Waals surface area (Å²) < 4.78 is 27.4. The van der Waals surface area contributed by atoms with Gasteiger partial charge in [0.2, 0.25) is 11.8 Å². The van der Waals surface area contributed by atoms with Crippen LogP contribution < -0.4 is 10.6 Å². The normalized spacial score (nSPS) is 46.8. The highest BCUT2D eigenvalue weighted by molar-refractivity contribution is 5.75. The first-order valence-corrected chi connectivity index (χ1v) is 12.3. The van der Waals surface area contributed by atoms with E-state index in [2.05, 4.69) is 10.6 Å². The van der Waals surface area contributed by atoms with Crippen molar-refractivity contribution < 1.29 is 73.8 Å². The van der Waals surface area contributed by atoms with Crippen molar-refractivity contribution in [3.05, 3.63) is 0 Å². The number of aliphatic hydroxyl groups excluding tert-OH is 6. The molecular weight excluding hydrogens is 532 g/mol. The van der Waals surface area contributed by atoms with E-state index in [4.69, 9.17) is 23.7 Å². The van der Waals surface area contributed by atoms with E-state index in [-0.39, 0.29) is 0 Å². The molecule has 0 aliphatic carbocycles. The monoisotopic (exact) mass is 568 g/mol. The molecule has 0 aromatic carbocycles. The van der Waals surface area contributed by atoms with E-state index in [1.165, 1.54) is 13.8 Å². The second kappa shape index (κ2) is 12.6. The van der Waals surface area contributed by atoms with E-state index in [1.54, 1.807) is 0 Å². The summed E-state index contributed by atoms with van der Waals surface area (Å²) in [5.41, 5.74) is 0. The molecule has 224 valence electrons. The maximum absolute atomic E-state index is 12.1. The number of carboxylic acids is 1. The van der Waals surface area contributed by atoms with Crippen LogP contribution in [0.3, 0.4) is 0 Å². The highest BCUT2D eigenvalue weighted by Crippen LogP contribution is 2.32. The van der Waals surface area contributed by atoms with Crippen LogP contribution in [0.2, 0.25) is 0 Å². The summed E-state index contributed by atoms with van der Waals surface area (Å²) in [7, 11) is 0. The third kappa shape index (κ3) is 6.83. The second-order valence-corrected chi connectivity index (χ2v) is 9.81. The van der Waals surface area contributed by atoms with Gasteiger partial charge in [0.25, 0.3) is 0 Å². The number of aliphatic hydroxyl groups is 6. The van der Waals surface area contributed by atoms with Crippen LogP contribution in [0.5, 0.6) is 0 Å². The topological polar surface area (TPSA) is 263 Å². The Balaban J connectivity index is 1.91. The quantitative estimate of drug-likeness (QED) is 0.139. The first kappa shape index (κ1) is 31.5. The summed E-state index contributed by atoms with van der Waals surface area (Å²) in [6, 6.07) is -2.90. The van der Waals surface area contributed by atoms with Crippen molar-refractivity contribution in [2.75, 3.05) is 0 Å². The molecule has 0 bridgehead atoms. The zero-order valence-corrected chi connectivity index (χ0v) is 21.6. The SMILES string of the molecule is CC(=O)N[C@@H]1[C@@H](O[C@H]2O[C@H](C(=O)O)[C@H](O[C@@H]3O[C@@H](C)[C@H](O)[C@@H](O)[C@H]3O)[C@H](O)[C@H]2NC(C)=O)[C@H](O)[C@@H](C)O[C@H]1O. The molecule has 3 aliphatic heterocycles. The van der Waals surface area contributed by atoms with Gasteiger partial charge in [-0.25, -0.2) is 4.79 Å². The summed E-state index contributed by atoms with van der Waals surface area (Å²) in [4.78, 5) is 35.8. The summed E-state index contributed by atoms with van der Waals surface area (Å²) in [6.07, 6.45) is -20.9. The molecule has 3 rings (SSSR count). The van der Waals surface area contributed by atoms with Crippen LogP contribution in [0.1, 0.15) is 27.7 Å². The van der Waals surface area contributed by atoms with E-state index < -0.39 is 110 Å². The predicted octanol–water partition coefficient (Wildman–Crippen LogP) is -5.14. The molecule has 9 N–H and O–H groups in total. The van der Waals surface area contributed by atoms with Crippen molar-refractivity contribution in [3.8, 4) is 0 Å². The molecule has 0 spiro atoms. The third-order valence-corrected chi connectivity index (χ3v) is 6.78. The van der Waals surface area contributed by atoms with Gasteiger partial charge < -0.3 is 70.1 Å². The van der Waals surface area contributed by atoms with Crippen molar-refractivity contribution in [2.24, 2.45) is 0 Å². The molecule has 3 aliphatic rings. The number of aliphatic carboxylic acids is 1. The lowest BCUT2D eigenvalue weighted by atomic mass is 9.94. The molecule has 0 radical (unpaired) electrons. The average Bonchev–Trinajstić information content (AvgIpc) is 2.84. The Morgan fingerprint density at radius 1 is 0.641 bits per heavy atom. The maximum atomic E-state index is 12.1. The molecule has 39 heavy (non-hydrogen) atoms. The molecule has 0 saturated carbocycles. The van der Waals surface area contributed by atoms with Gasteiger partial charge in [-0.1, -0.05) is 0 Å². The minimum absolute atomic E-state index is 0.620. The summed E-state index contributed by atoms with van der Waals surface area (Å²) in [5.74, 6) is -2.98. The van der Waals surface area contributed by atoms with Gasteiger partial charge in [0.15, 0.2) is 25.0 Å². The predicted molar refractivity (Wildman–Crippen MR) is 122 cm³/mol. The van der Waals surface area contributed by atoms with Crippen molar-refractivity contribution in [3.63, 3.8) is 0 Å². The number of amides is 2. The summed E-state index contributed by atoms with van der Waals surface area (Å²) in [6.45, 7) is 4.99. The number of carboxylic acid groups (broad SMARTS) is 1. The van der Waals surface area contributed by atoms with Crippen LogP contribution in [0.4, 0.5) is 0 Å². The fraction of sp³-hybridized carbons (Fsp3) is 0.864. The van der Waals surface area contributed by atoms with E-state index in [9.17, 15) is 50.1 Å². The van der Waals surface area contributed by atoms with Gasteiger partial charge >= 0.3 is 5.97 Å². The van der Waals surface area contributed by atoms with Crippen LogP contribution in [0, 0.1) is 0 Å². The van der Waals surface area contributed by atoms with Crippen LogP contribution in [0.15, 0.2) is 0 Å². The highest BCUT2D eigenvalue weighted by Gasteiger charge is 2.55. The minimum Gasteiger partial charge on any atom is -0.479 e. The number of ether oxygens (including phenoxy) is 5. The average molecular weight is 569 g/mol. The van der Waals surface area contributed by atoms with Crippen LogP contribution >= 0.6 is 0 Å². The van der Waals surface area contributed by atoms with E-state index in [1.807, 2.05) is 0 Å². The molecule has 3 fully saturated rings. The van der Waals surface area contributed by atoms with E-state index >= 15 is 0 Å². The number of carbonyl (C=O) groups is 3. The Labute approximate surface area is 222 Å². The Kier molecular flexibility index (Phi) is 10.2. The number of nitrogens with one attached hydrogen (secondary N) is 2. The lowest BCUT2D eigenvalue weighted by Crippen LogP contribution is -2.70. The maximum Gasteiger partial charge on any atom is 0.335 e. The molecule has 2 amide bonds. The van der Waals surface area contributed by atoms with E-state index in [0.717, 1.165) is 13.8 Å². The molecular formula is C22H36N2O15. The van der Waals surface area contributed by atoms with Crippen LogP contribution in [-0.4, -0.2) is 146 Å². The van der Waals surface area contributed by atoms with Gasteiger partial charge in [-0.3, -0.25) is 9.59 Å². The smallest absolute Gasteiger partial charge is 0.335 e. The molecule has 0 unspecified atom stereocenters. The fourth-order valence-electron chi connectivity index (χ4n) is 4.72. The van der Waals surface area contributed by atoms with Crippen molar-refractivity contribution in [1.82, 2.24) is 10.6 Å². The van der Waals surface area contributed by atoms with E-state index in [0.29, 0.717) is 0 Å². The molecule has 0 aromatic rings. The fourth-order valence-corrected chi connectivity index (χ4v) is 4.72. The molecule has 17 heteroatoms. The van der Waals surface area contributed by atoms with Crippen molar-refractivity contribution >= 4 is 17.8 Å². The van der Waals surface area contributed by atoms with Crippen LogP contribution in [-0.2, 0) is 38.1 Å². The summed E-state index contributed by atoms with van der Waals surface area (Å²) >= 11 is 0. The van der Waals surface area contributed by atoms with Crippen LogP contribution in [0.25, 0.3) is 0 Å². The van der Waals surface area contributed by atoms with Crippen molar-refractivity contribution in [2.45, 2.75) is 120 Å². The summed E-state index contributed by atoms with van der Waals surface area (Å²) in [5, 5.41) is 77.1. The Hall–Kier alpha value is -2.03. The van der Waals surface area contributed by atoms with Gasteiger partial charge in [-0.15, -0.1) is 0 Å². The Morgan fingerprint density at radius 2 is 1.18 bits per heavy atom. The zero-order chi connectivity index (χ0) is 29.3. The van der Waals surface area contributed by atoms with Crippen molar-refractivity contribution in [1.29, 1.82) is 0 Å². The zero-order valence-electron chi connectivity index (χ0n) is 21.6. The third-order valence-electron chi connectivity index (χ3n) is 6.78. The Bertz CT molecular complexity index is 894. The lowest BCUT2D eigenvalue weighted by molar-refractivity contribution is -0.351. The molecule has 3 heterocycles. The number of rotatable bonds is 7. The van der Waals surface area contributed by atoms with Gasteiger partial charge in [-0.2, -0.15) is 0 Å². The van der Waals surface area contributed by atoms with Gasteiger partial charge in [0, 0.05) is 13.8 Å². The number of hydrogen-bond donors (Lipinski definition) is 9. The number of carbonyl (C=O) groups excluding carboxylic acids is 2. The molecule has 15 atom stereocenters. The number of hydrogen-bond acceptors (Lipinski definition) is 14. The standard InChI is InChI=1S/C22H36N2O15/c1-5-11(27)14(30)15(31)22(36-5)38-17-13(29)9(23-7(3)25)21(39-18(17)19(32)33)37-16-10(24-8(4)26)20(34)35-6(2)12(16)28/h5-6,9-18,20-22,27-31,34H,1-4H3,(H,23,25)(H,24,26)(H,32,33)/t5-,6+,9+,10+,11-,12+,13+,14+,15+,16+,17+,18-,20+,21-,22-/m0/s1. The van der Waals surface area contributed by atoms with Gasteiger partial charge in [0.1, 0.15) is 54.8 Å². The van der Waals surface area contributed by atoms with Gasteiger partial charge in [-0.05, 0) is 13.8 Å². The molecule has 3 saturated heterocycles. The Morgan fingerprint density at radius 3 is 1.74 bits per heavy atom. The largest absolute Gasteiger partial charge is 0.479 e. The highest BCUT2D eigenvalue weighted by atomic mass is 16.7. The van der Waals surface area contributed by atoms with Gasteiger partial charge in [0.05, 0.1) is 12.2 Å².